The van der Waals surface area contributed by atoms with Crippen LogP contribution in [0.15, 0.2) is 48.8 Å². The Morgan fingerprint density at radius 1 is 1.04 bits per heavy atom. The molecule has 2 aromatic rings. The van der Waals surface area contributed by atoms with Gasteiger partial charge < -0.3 is 9.80 Å². The lowest BCUT2D eigenvalue weighted by Gasteiger charge is -2.28. The topological polar surface area (TPSA) is 53.5 Å². The van der Waals surface area contributed by atoms with Gasteiger partial charge in [-0.05, 0) is 44.7 Å². The monoisotopic (exact) mass is 365 g/mol. The summed E-state index contributed by atoms with van der Waals surface area (Å²) in [5, 5.41) is 0. The Labute approximate surface area is 161 Å². The molecular weight excluding hydrogens is 338 g/mol. The zero-order valence-corrected chi connectivity index (χ0v) is 16.1. The number of amides is 2. The Kier molecular flexibility index (Phi) is 6.22. The highest BCUT2D eigenvalue weighted by atomic mass is 16.2. The fourth-order valence-electron chi connectivity index (χ4n) is 3.39. The third-order valence-corrected chi connectivity index (χ3v) is 4.96. The molecule has 5 heteroatoms. The zero-order valence-electron chi connectivity index (χ0n) is 16.1. The molecule has 0 spiro atoms. The van der Waals surface area contributed by atoms with E-state index in [4.69, 9.17) is 0 Å². The number of nitrogens with zero attached hydrogens (tertiary/aromatic N) is 3. The molecule has 1 aliphatic rings. The third-order valence-electron chi connectivity index (χ3n) is 4.96. The van der Waals surface area contributed by atoms with Crippen molar-refractivity contribution in [2.24, 2.45) is 0 Å². The molecule has 0 aliphatic carbocycles. The molecule has 2 heterocycles. The lowest BCUT2D eigenvalue weighted by Crippen LogP contribution is -2.37. The van der Waals surface area contributed by atoms with E-state index in [9.17, 15) is 9.59 Å². The molecule has 0 saturated carbocycles. The highest BCUT2D eigenvalue weighted by Crippen LogP contribution is 2.16. The molecule has 142 valence electrons. The summed E-state index contributed by atoms with van der Waals surface area (Å²) in [5.41, 5.74) is 2.03. The maximum absolute atomic E-state index is 13.1. The van der Waals surface area contributed by atoms with E-state index in [2.05, 4.69) is 4.98 Å². The van der Waals surface area contributed by atoms with E-state index in [1.54, 1.807) is 18.5 Å². The van der Waals surface area contributed by atoms with Crippen molar-refractivity contribution in [2.75, 3.05) is 13.1 Å². The number of hydrogen-bond acceptors (Lipinski definition) is 3. The first-order chi connectivity index (χ1) is 13.1. The van der Waals surface area contributed by atoms with Crippen molar-refractivity contribution >= 4 is 11.8 Å². The molecule has 1 aromatic heterocycles. The molecule has 1 saturated heterocycles. The van der Waals surface area contributed by atoms with Crippen molar-refractivity contribution in [1.29, 1.82) is 0 Å². The summed E-state index contributed by atoms with van der Waals surface area (Å²) in [6.45, 7) is 6.09. The summed E-state index contributed by atoms with van der Waals surface area (Å²) in [7, 11) is 0. The van der Waals surface area contributed by atoms with Crippen molar-refractivity contribution in [1.82, 2.24) is 14.8 Å². The van der Waals surface area contributed by atoms with Crippen molar-refractivity contribution < 1.29 is 9.59 Å². The number of piperidine rings is 1. The normalized spacial score (nSPS) is 14.3. The average molecular weight is 365 g/mol. The maximum atomic E-state index is 13.1. The summed E-state index contributed by atoms with van der Waals surface area (Å²) in [4.78, 5) is 33.7. The van der Waals surface area contributed by atoms with E-state index in [1.165, 1.54) is 6.42 Å². The minimum atomic E-state index is -0.102. The molecule has 27 heavy (non-hydrogen) atoms. The molecule has 3 rings (SSSR count). The number of aromatic nitrogens is 1. The smallest absolute Gasteiger partial charge is 0.255 e. The molecule has 0 bridgehead atoms. The first kappa shape index (κ1) is 19.1. The molecule has 0 unspecified atom stereocenters. The van der Waals surface area contributed by atoms with Gasteiger partial charge in [-0.15, -0.1) is 0 Å². The lowest BCUT2D eigenvalue weighted by atomic mass is 10.1. The number of pyridine rings is 1. The number of rotatable bonds is 5. The Hall–Kier alpha value is -2.69. The van der Waals surface area contributed by atoms with E-state index in [0.29, 0.717) is 17.7 Å². The third kappa shape index (κ3) is 4.73. The Balaban J connectivity index is 1.79. The molecule has 1 aromatic carbocycles. The van der Waals surface area contributed by atoms with Crippen LogP contribution in [-0.4, -0.2) is 45.7 Å². The molecule has 1 fully saturated rings. The van der Waals surface area contributed by atoms with Crippen LogP contribution in [0.1, 0.15) is 59.4 Å². The SMILES string of the molecule is CC(C)N(Cc1ccccc1)C(=O)c1cncc(C(=O)N2CCCCC2)c1. The summed E-state index contributed by atoms with van der Waals surface area (Å²) >= 11 is 0. The molecule has 0 atom stereocenters. The van der Waals surface area contributed by atoms with Gasteiger partial charge in [-0.25, -0.2) is 0 Å². The first-order valence-electron chi connectivity index (χ1n) is 9.65. The summed E-state index contributed by atoms with van der Waals surface area (Å²) < 4.78 is 0. The fraction of sp³-hybridized carbons (Fsp3) is 0.409. The zero-order chi connectivity index (χ0) is 19.2. The second-order valence-electron chi connectivity index (χ2n) is 7.33. The van der Waals surface area contributed by atoms with Crippen LogP contribution in [0.4, 0.5) is 0 Å². The van der Waals surface area contributed by atoms with Gasteiger partial charge >= 0.3 is 0 Å². The number of carbonyl (C=O) groups excluding carboxylic acids is 2. The van der Waals surface area contributed by atoms with Gasteiger partial charge in [0.25, 0.3) is 11.8 Å². The van der Waals surface area contributed by atoms with Crippen LogP contribution in [-0.2, 0) is 6.54 Å². The van der Waals surface area contributed by atoms with Gasteiger partial charge in [-0.2, -0.15) is 0 Å². The largest absolute Gasteiger partial charge is 0.339 e. The molecular formula is C22H27N3O2. The Morgan fingerprint density at radius 3 is 2.37 bits per heavy atom. The minimum Gasteiger partial charge on any atom is -0.339 e. The second-order valence-corrected chi connectivity index (χ2v) is 7.33. The van der Waals surface area contributed by atoms with Gasteiger partial charge in [0.05, 0.1) is 11.1 Å². The fourth-order valence-corrected chi connectivity index (χ4v) is 3.39. The van der Waals surface area contributed by atoms with Crippen molar-refractivity contribution in [2.45, 2.75) is 45.7 Å². The standard InChI is InChI=1S/C22H27N3O2/c1-17(2)25(16-18-9-5-3-6-10-18)22(27)20-13-19(14-23-15-20)21(26)24-11-7-4-8-12-24/h3,5-6,9-10,13-15,17H,4,7-8,11-12,16H2,1-2H3. The van der Waals surface area contributed by atoms with Crippen LogP contribution in [0, 0.1) is 0 Å². The predicted molar refractivity (Wildman–Crippen MR) is 105 cm³/mol. The van der Waals surface area contributed by atoms with E-state index in [1.807, 2.05) is 54.0 Å². The first-order valence-corrected chi connectivity index (χ1v) is 9.65. The highest BCUT2D eigenvalue weighted by Gasteiger charge is 2.23. The Morgan fingerprint density at radius 2 is 1.70 bits per heavy atom. The van der Waals surface area contributed by atoms with E-state index >= 15 is 0 Å². The van der Waals surface area contributed by atoms with E-state index in [-0.39, 0.29) is 17.9 Å². The second kappa shape index (κ2) is 8.80. The van der Waals surface area contributed by atoms with E-state index < -0.39 is 0 Å². The number of hydrogen-bond donors (Lipinski definition) is 0. The van der Waals surface area contributed by atoms with Gasteiger partial charge in [0.15, 0.2) is 0 Å². The number of likely N-dealkylation sites (tertiary alicyclic amines) is 1. The number of carbonyl (C=O) groups is 2. The van der Waals surface area contributed by atoms with Gasteiger partial charge in [-0.1, -0.05) is 30.3 Å². The number of benzene rings is 1. The molecule has 5 nitrogen and oxygen atoms in total. The minimum absolute atomic E-state index is 0.0315. The lowest BCUT2D eigenvalue weighted by molar-refractivity contribution is 0.0690. The van der Waals surface area contributed by atoms with Gasteiger partial charge in [0, 0.05) is 38.1 Å². The van der Waals surface area contributed by atoms with Gasteiger partial charge in [-0.3, -0.25) is 14.6 Å². The van der Waals surface area contributed by atoms with Crippen molar-refractivity contribution in [3.63, 3.8) is 0 Å². The summed E-state index contributed by atoms with van der Waals surface area (Å²) in [6, 6.07) is 11.7. The van der Waals surface area contributed by atoms with Crippen LogP contribution < -0.4 is 0 Å². The van der Waals surface area contributed by atoms with Crippen molar-refractivity contribution in [3.05, 3.63) is 65.5 Å². The quantitative estimate of drug-likeness (QED) is 0.811. The average Bonchev–Trinajstić information content (AvgIpc) is 2.72. The van der Waals surface area contributed by atoms with Crippen LogP contribution in [0.5, 0.6) is 0 Å². The predicted octanol–water partition coefficient (Wildman–Crippen LogP) is 3.76. The van der Waals surface area contributed by atoms with E-state index in [0.717, 1.165) is 31.5 Å². The van der Waals surface area contributed by atoms with Crippen LogP contribution in [0.2, 0.25) is 0 Å². The van der Waals surface area contributed by atoms with Gasteiger partial charge in [0.2, 0.25) is 0 Å². The molecule has 1 aliphatic heterocycles. The van der Waals surface area contributed by atoms with Crippen LogP contribution >= 0.6 is 0 Å². The Bertz CT molecular complexity index is 783. The highest BCUT2D eigenvalue weighted by molar-refractivity contribution is 5.99. The maximum Gasteiger partial charge on any atom is 0.255 e. The summed E-state index contributed by atoms with van der Waals surface area (Å²) in [5.74, 6) is -0.134. The van der Waals surface area contributed by atoms with Gasteiger partial charge in [0.1, 0.15) is 0 Å². The molecule has 0 N–H and O–H groups in total. The van der Waals surface area contributed by atoms with Crippen LogP contribution in [0.25, 0.3) is 0 Å². The van der Waals surface area contributed by atoms with Crippen molar-refractivity contribution in [3.8, 4) is 0 Å². The molecule has 0 radical (unpaired) electrons. The van der Waals surface area contributed by atoms with Crippen LogP contribution in [0.3, 0.4) is 0 Å². The molecule has 2 amide bonds. The summed E-state index contributed by atoms with van der Waals surface area (Å²) in [6.07, 6.45) is 6.36.